The molecule has 1 fully saturated rings. The number of piperazine rings is 1. The number of hydrogen-bond donors (Lipinski definition) is 2. The van der Waals surface area contributed by atoms with Gasteiger partial charge in [0.2, 0.25) is 0 Å². The zero-order chi connectivity index (χ0) is 18.8. The highest BCUT2D eigenvalue weighted by atomic mass is 16.5. The predicted octanol–water partition coefficient (Wildman–Crippen LogP) is 2.80. The lowest BCUT2D eigenvalue weighted by Crippen LogP contribution is -2.48. The molecular weight excluding hydrogens is 346 g/mol. The summed E-state index contributed by atoms with van der Waals surface area (Å²) in [6, 6.07) is 10.9. The van der Waals surface area contributed by atoms with Gasteiger partial charge in [0, 0.05) is 43.4 Å². The summed E-state index contributed by atoms with van der Waals surface area (Å²) in [4.78, 5) is 23.4. The zero-order valence-electron chi connectivity index (χ0n) is 14.6. The van der Waals surface area contributed by atoms with Crippen LogP contribution in [0.25, 0.3) is 10.9 Å². The van der Waals surface area contributed by atoms with Crippen LogP contribution in [-0.4, -0.2) is 52.2 Å². The van der Waals surface area contributed by atoms with Gasteiger partial charge < -0.3 is 25.4 Å². The Kier molecular flexibility index (Phi) is 4.37. The lowest BCUT2D eigenvalue weighted by atomic mass is 10.2. The fourth-order valence-electron chi connectivity index (χ4n) is 3.06. The molecule has 0 atom stereocenters. The summed E-state index contributed by atoms with van der Waals surface area (Å²) in [6.45, 7) is 2.10. The summed E-state index contributed by atoms with van der Waals surface area (Å²) < 4.78 is 6.01. The van der Waals surface area contributed by atoms with E-state index in [0.717, 1.165) is 16.7 Å². The molecule has 1 saturated heterocycles. The Labute approximate surface area is 155 Å². The van der Waals surface area contributed by atoms with Crippen molar-refractivity contribution in [2.45, 2.75) is 0 Å². The standard InChI is InChI=1S/C19H19N5O3/c20-13-1-3-14(4-2-13)27-17-5-6-21-16-12-22-18(11-15(16)17)23-7-9-24(10-8-23)19(25)26/h1-6,11-12H,7-10,20H2,(H,25,26). The second kappa shape index (κ2) is 6.99. The molecule has 8 nitrogen and oxygen atoms in total. The quantitative estimate of drug-likeness (QED) is 0.688. The molecule has 1 amide bonds. The molecule has 4 rings (SSSR count). The largest absolute Gasteiger partial charge is 0.465 e. The van der Waals surface area contributed by atoms with Gasteiger partial charge >= 0.3 is 6.09 Å². The Hall–Kier alpha value is -3.55. The molecule has 0 bridgehead atoms. The third-order valence-corrected chi connectivity index (χ3v) is 4.56. The van der Waals surface area contributed by atoms with E-state index in [0.29, 0.717) is 43.4 Å². The summed E-state index contributed by atoms with van der Waals surface area (Å²) in [6.07, 6.45) is 2.51. The molecule has 0 spiro atoms. The molecule has 3 N–H and O–H groups in total. The van der Waals surface area contributed by atoms with Gasteiger partial charge in [-0.1, -0.05) is 0 Å². The number of anilines is 2. The van der Waals surface area contributed by atoms with Crippen molar-refractivity contribution in [3.8, 4) is 11.5 Å². The van der Waals surface area contributed by atoms with Crippen molar-refractivity contribution in [1.29, 1.82) is 0 Å². The summed E-state index contributed by atoms with van der Waals surface area (Å²) >= 11 is 0. The monoisotopic (exact) mass is 365 g/mol. The van der Waals surface area contributed by atoms with Gasteiger partial charge in [0.15, 0.2) is 0 Å². The maximum absolute atomic E-state index is 11.1. The first-order valence-corrected chi connectivity index (χ1v) is 8.61. The van der Waals surface area contributed by atoms with E-state index in [1.807, 2.05) is 24.3 Å². The van der Waals surface area contributed by atoms with E-state index >= 15 is 0 Å². The van der Waals surface area contributed by atoms with Crippen LogP contribution in [0.3, 0.4) is 0 Å². The van der Waals surface area contributed by atoms with Crippen molar-refractivity contribution < 1.29 is 14.6 Å². The second-order valence-corrected chi connectivity index (χ2v) is 6.30. The van der Waals surface area contributed by atoms with Crippen molar-refractivity contribution in [1.82, 2.24) is 14.9 Å². The molecule has 2 aromatic heterocycles. The van der Waals surface area contributed by atoms with Gasteiger partial charge in [-0.25, -0.2) is 9.78 Å². The summed E-state index contributed by atoms with van der Waals surface area (Å²) in [5.41, 5.74) is 7.13. The van der Waals surface area contributed by atoms with E-state index in [4.69, 9.17) is 15.6 Å². The Balaban J connectivity index is 1.61. The molecule has 0 unspecified atom stereocenters. The van der Waals surface area contributed by atoms with Crippen LogP contribution in [0.15, 0.2) is 48.8 Å². The van der Waals surface area contributed by atoms with Crippen molar-refractivity contribution in [2.24, 2.45) is 0 Å². The van der Waals surface area contributed by atoms with Gasteiger partial charge in [0.25, 0.3) is 0 Å². The number of ether oxygens (including phenoxy) is 1. The summed E-state index contributed by atoms with van der Waals surface area (Å²) in [5, 5.41) is 9.94. The van der Waals surface area contributed by atoms with Gasteiger partial charge in [-0.05, 0) is 36.4 Å². The average molecular weight is 365 g/mol. The fraction of sp³-hybridized carbons (Fsp3) is 0.211. The zero-order valence-corrected chi connectivity index (χ0v) is 14.6. The van der Waals surface area contributed by atoms with Crippen LogP contribution in [0, 0.1) is 0 Å². The average Bonchev–Trinajstić information content (AvgIpc) is 2.70. The number of carbonyl (C=O) groups is 1. The SMILES string of the molecule is Nc1ccc(Oc2ccnc3cnc(N4CCN(C(=O)O)CC4)cc23)cc1. The Morgan fingerprint density at radius 3 is 2.52 bits per heavy atom. The minimum atomic E-state index is -0.885. The van der Waals surface area contributed by atoms with E-state index in [2.05, 4.69) is 14.9 Å². The molecule has 27 heavy (non-hydrogen) atoms. The predicted molar refractivity (Wildman–Crippen MR) is 102 cm³/mol. The minimum Gasteiger partial charge on any atom is -0.465 e. The molecule has 3 aromatic rings. The maximum atomic E-state index is 11.1. The third kappa shape index (κ3) is 3.55. The maximum Gasteiger partial charge on any atom is 0.407 e. The number of hydrogen-bond acceptors (Lipinski definition) is 6. The summed E-state index contributed by atoms with van der Waals surface area (Å²) in [7, 11) is 0. The van der Waals surface area contributed by atoms with Crippen LogP contribution in [0.5, 0.6) is 11.5 Å². The number of nitrogen functional groups attached to an aromatic ring is 1. The Bertz CT molecular complexity index is 969. The number of amides is 1. The van der Waals surface area contributed by atoms with Gasteiger partial charge in [-0.3, -0.25) is 4.98 Å². The van der Waals surface area contributed by atoms with Gasteiger partial charge in [-0.15, -0.1) is 0 Å². The first-order valence-electron chi connectivity index (χ1n) is 8.61. The Morgan fingerprint density at radius 1 is 1.07 bits per heavy atom. The van der Waals surface area contributed by atoms with Crippen LogP contribution in [0.1, 0.15) is 0 Å². The number of nitrogens with zero attached hydrogens (tertiary/aromatic N) is 4. The Morgan fingerprint density at radius 2 is 1.81 bits per heavy atom. The topological polar surface area (TPSA) is 105 Å². The van der Waals surface area contributed by atoms with E-state index in [9.17, 15) is 4.79 Å². The molecule has 1 aliphatic heterocycles. The second-order valence-electron chi connectivity index (χ2n) is 6.30. The molecule has 0 aliphatic carbocycles. The number of rotatable bonds is 3. The smallest absolute Gasteiger partial charge is 0.407 e. The highest BCUT2D eigenvalue weighted by Crippen LogP contribution is 2.31. The molecule has 1 aliphatic rings. The van der Waals surface area contributed by atoms with Gasteiger partial charge in [0.1, 0.15) is 17.3 Å². The first-order chi connectivity index (χ1) is 13.1. The van der Waals surface area contributed by atoms with E-state index in [1.54, 1.807) is 24.5 Å². The van der Waals surface area contributed by atoms with Crippen molar-refractivity contribution in [3.05, 3.63) is 48.8 Å². The number of pyridine rings is 2. The number of fused-ring (bicyclic) bond motifs is 1. The van der Waals surface area contributed by atoms with Crippen LogP contribution in [-0.2, 0) is 0 Å². The van der Waals surface area contributed by atoms with Gasteiger partial charge in [-0.2, -0.15) is 0 Å². The number of carboxylic acid groups (broad SMARTS) is 1. The van der Waals surface area contributed by atoms with Crippen molar-refractivity contribution >= 4 is 28.5 Å². The van der Waals surface area contributed by atoms with E-state index in [-0.39, 0.29) is 0 Å². The molecule has 8 heteroatoms. The fourth-order valence-corrected chi connectivity index (χ4v) is 3.06. The summed E-state index contributed by atoms with van der Waals surface area (Å²) in [5.74, 6) is 2.14. The van der Waals surface area contributed by atoms with Crippen LogP contribution in [0.2, 0.25) is 0 Å². The van der Waals surface area contributed by atoms with Gasteiger partial charge in [0.05, 0.1) is 11.7 Å². The van der Waals surface area contributed by atoms with E-state index in [1.165, 1.54) is 4.90 Å². The van der Waals surface area contributed by atoms with E-state index < -0.39 is 6.09 Å². The number of benzene rings is 1. The molecular formula is C19H19N5O3. The lowest BCUT2D eigenvalue weighted by Gasteiger charge is -2.33. The van der Waals surface area contributed by atoms with Crippen molar-refractivity contribution in [3.63, 3.8) is 0 Å². The number of nitrogens with two attached hydrogens (primary N) is 1. The van der Waals surface area contributed by atoms with Crippen LogP contribution < -0.4 is 15.4 Å². The first kappa shape index (κ1) is 16.9. The van der Waals surface area contributed by atoms with Crippen molar-refractivity contribution in [2.75, 3.05) is 36.8 Å². The molecule has 1 aromatic carbocycles. The lowest BCUT2D eigenvalue weighted by molar-refractivity contribution is 0.142. The molecule has 3 heterocycles. The normalized spacial score (nSPS) is 14.4. The van der Waals surface area contributed by atoms with Crippen LogP contribution in [0.4, 0.5) is 16.3 Å². The highest BCUT2D eigenvalue weighted by molar-refractivity contribution is 5.86. The van der Waals surface area contributed by atoms with Crippen LogP contribution >= 0.6 is 0 Å². The minimum absolute atomic E-state index is 0.455. The highest BCUT2D eigenvalue weighted by Gasteiger charge is 2.21. The molecule has 0 saturated carbocycles. The molecule has 0 radical (unpaired) electrons. The number of aromatic nitrogens is 2. The molecule has 138 valence electrons. The third-order valence-electron chi connectivity index (χ3n) is 4.56.